The summed E-state index contributed by atoms with van der Waals surface area (Å²) < 4.78 is 11.5. The predicted molar refractivity (Wildman–Crippen MR) is 98.0 cm³/mol. The van der Waals surface area contributed by atoms with E-state index in [9.17, 15) is 4.79 Å². The zero-order valence-corrected chi connectivity index (χ0v) is 14.7. The van der Waals surface area contributed by atoms with Crippen molar-refractivity contribution in [2.75, 3.05) is 19.8 Å². The number of unbranched alkanes of at least 4 members (excludes halogenated alkanes) is 1. The lowest BCUT2D eigenvalue weighted by atomic mass is 9.97. The first-order valence-corrected chi connectivity index (χ1v) is 8.98. The predicted octanol–water partition coefficient (Wildman–Crippen LogP) is 3.91. The molecular weight excluding hydrogens is 314 g/mol. The number of carbonyl (C=O) groups excluding carboxylic acids is 1. The van der Waals surface area contributed by atoms with Gasteiger partial charge in [-0.25, -0.2) is 0 Å². The largest absolute Gasteiger partial charge is 0.494 e. The van der Waals surface area contributed by atoms with Crippen molar-refractivity contribution in [1.82, 2.24) is 5.32 Å². The van der Waals surface area contributed by atoms with Crippen LogP contribution in [0.3, 0.4) is 0 Å². The second kappa shape index (κ2) is 8.67. The molecule has 132 valence electrons. The van der Waals surface area contributed by atoms with Gasteiger partial charge in [0.1, 0.15) is 11.9 Å². The van der Waals surface area contributed by atoms with Crippen molar-refractivity contribution in [3.63, 3.8) is 0 Å². The maximum absolute atomic E-state index is 12.4. The van der Waals surface area contributed by atoms with E-state index in [-0.39, 0.29) is 12.0 Å². The minimum Gasteiger partial charge on any atom is -0.494 e. The van der Waals surface area contributed by atoms with Gasteiger partial charge in [-0.15, -0.1) is 0 Å². The zero-order valence-electron chi connectivity index (χ0n) is 14.7. The van der Waals surface area contributed by atoms with E-state index in [4.69, 9.17) is 9.47 Å². The fourth-order valence-corrected chi connectivity index (χ4v) is 2.97. The molecular formula is C21H25NO3. The Morgan fingerprint density at radius 1 is 1.20 bits per heavy atom. The van der Waals surface area contributed by atoms with Crippen molar-refractivity contribution >= 4 is 5.91 Å². The molecule has 1 aliphatic heterocycles. The summed E-state index contributed by atoms with van der Waals surface area (Å²) in [6, 6.07) is 15.5. The van der Waals surface area contributed by atoms with Crippen LogP contribution in [-0.2, 0) is 11.2 Å². The number of hydrogen-bond acceptors (Lipinski definition) is 3. The summed E-state index contributed by atoms with van der Waals surface area (Å²) in [5.41, 5.74) is 3.11. The third kappa shape index (κ3) is 4.60. The van der Waals surface area contributed by atoms with Crippen LogP contribution in [0.1, 0.15) is 47.4 Å². The second-order valence-corrected chi connectivity index (χ2v) is 6.24. The summed E-state index contributed by atoms with van der Waals surface area (Å²) in [6.45, 7) is 4.01. The summed E-state index contributed by atoms with van der Waals surface area (Å²) >= 11 is 0. The van der Waals surface area contributed by atoms with Crippen molar-refractivity contribution in [3.8, 4) is 5.75 Å². The van der Waals surface area contributed by atoms with Gasteiger partial charge in [0.2, 0.25) is 0 Å². The molecule has 1 aliphatic rings. The molecule has 2 aromatic rings. The van der Waals surface area contributed by atoms with Crippen molar-refractivity contribution in [2.24, 2.45) is 0 Å². The fraction of sp³-hybridized carbons (Fsp3) is 0.381. The van der Waals surface area contributed by atoms with Crippen LogP contribution in [0.2, 0.25) is 0 Å². The summed E-state index contributed by atoms with van der Waals surface area (Å²) in [4.78, 5) is 12.4. The number of rotatable bonds is 7. The molecule has 1 amide bonds. The third-order valence-corrected chi connectivity index (χ3v) is 4.42. The Kier molecular flexibility index (Phi) is 6.07. The number of fused-ring (bicyclic) bond motifs is 1. The zero-order chi connectivity index (χ0) is 17.5. The van der Waals surface area contributed by atoms with Crippen LogP contribution in [0.5, 0.6) is 5.75 Å². The van der Waals surface area contributed by atoms with Gasteiger partial charge in [-0.1, -0.05) is 37.6 Å². The SMILES string of the molecule is CCCCOc1ccc(C(=O)NC[C@@H]2OCCc3ccccc32)cc1. The molecule has 0 aromatic heterocycles. The summed E-state index contributed by atoms with van der Waals surface area (Å²) in [5.74, 6) is 0.710. The summed E-state index contributed by atoms with van der Waals surface area (Å²) in [6.07, 6.45) is 2.99. The monoisotopic (exact) mass is 339 g/mol. The first-order valence-electron chi connectivity index (χ1n) is 8.98. The highest BCUT2D eigenvalue weighted by atomic mass is 16.5. The Morgan fingerprint density at radius 3 is 2.80 bits per heavy atom. The molecule has 0 fully saturated rings. The van der Waals surface area contributed by atoms with Crippen molar-refractivity contribution in [1.29, 1.82) is 0 Å². The highest BCUT2D eigenvalue weighted by molar-refractivity contribution is 5.94. The maximum Gasteiger partial charge on any atom is 0.251 e. The quantitative estimate of drug-likeness (QED) is 0.778. The molecule has 3 rings (SSSR count). The standard InChI is InChI=1S/C21H25NO3/c1-2-3-13-24-18-10-8-17(9-11-18)21(23)22-15-20-19-7-5-4-6-16(19)12-14-25-20/h4-11,20H,2-3,12-15H2,1H3,(H,22,23)/t20-/m0/s1. The molecule has 2 aromatic carbocycles. The lowest BCUT2D eigenvalue weighted by molar-refractivity contribution is 0.0411. The maximum atomic E-state index is 12.4. The highest BCUT2D eigenvalue weighted by Crippen LogP contribution is 2.26. The van der Waals surface area contributed by atoms with Gasteiger partial charge in [0.05, 0.1) is 13.2 Å². The van der Waals surface area contributed by atoms with E-state index < -0.39 is 0 Å². The molecule has 1 atom stereocenters. The van der Waals surface area contributed by atoms with Crippen molar-refractivity contribution < 1.29 is 14.3 Å². The molecule has 1 N–H and O–H groups in total. The number of nitrogens with one attached hydrogen (secondary N) is 1. The van der Waals surface area contributed by atoms with Crippen LogP contribution in [0.4, 0.5) is 0 Å². The minimum absolute atomic E-state index is 0.0782. The second-order valence-electron chi connectivity index (χ2n) is 6.24. The van der Waals surface area contributed by atoms with Crippen LogP contribution >= 0.6 is 0 Å². The van der Waals surface area contributed by atoms with Crippen LogP contribution in [0.15, 0.2) is 48.5 Å². The molecule has 0 bridgehead atoms. The Labute approximate surface area is 149 Å². The number of hydrogen-bond donors (Lipinski definition) is 1. The molecule has 0 radical (unpaired) electrons. The smallest absolute Gasteiger partial charge is 0.251 e. The Morgan fingerprint density at radius 2 is 2.00 bits per heavy atom. The number of ether oxygens (including phenoxy) is 2. The molecule has 4 nitrogen and oxygen atoms in total. The molecule has 0 saturated carbocycles. The van der Waals surface area contributed by atoms with Gasteiger partial charge < -0.3 is 14.8 Å². The van der Waals surface area contributed by atoms with E-state index >= 15 is 0 Å². The first kappa shape index (κ1) is 17.5. The molecule has 0 spiro atoms. The molecule has 0 aliphatic carbocycles. The Bertz CT molecular complexity index is 697. The van der Waals surface area contributed by atoms with Crippen molar-refractivity contribution in [2.45, 2.75) is 32.3 Å². The lowest BCUT2D eigenvalue weighted by Gasteiger charge is -2.26. The van der Waals surface area contributed by atoms with Gasteiger partial charge in [-0.05, 0) is 48.2 Å². The Hall–Kier alpha value is -2.33. The molecule has 0 saturated heterocycles. The average Bonchev–Trinajstić information content (AvgIpc) is 2.67. The van der Waals surface area contributed by atoms with Gasteiger partial charge in [0, 0.05) is 12.1 Å². The van der Waals surface area contributed by atoms with Crippen molar-refractivity contribution in [3.05, 3.63) is 65.2 Å². The van der Waals surface area contributed by atoms with E-state index in [1.165, 1.54) is 11.1 Å². The first-order chi connectivity index (χ1) is 12.3. The summed E-state index contributed by atoms with van der Waals surface area (Å²) in [5, 5.41) is 2.98. The van der Waals surface area contributed by atoms with Gasteiger partial charge >= 0.3 is 0 Å². The van der Waals surface area contributed by atoms with E-state index in [1.54, 1.807) is 12.1 Å². The van der Waals surface area contributed by atoms with Gasteiger partial charge in [0.25, 0.3) is 5.91 Å². The van der Waals surface area contributed by atoms with Crippen LogP contribution in [0.25, 0.3) is 0 Å². The number of carbonyl (C=O) groups is 1. The lowest BCUT2D eigenvalue weighted by Crippen LogP contribution is -2.31. The highest BCUT2D eigenvalue weighted by Gasteiger charge is 2.21. The minimum atomic E-state index is -0.0910. The van der Waals surface area contributed by atoms with E-state index in [1.807, 2.05) is 24.3 Å². The van der Waals surface area contributed by atoms with E-state index in [0.717, 1.165) is 25.0 Å². The number of benzene rings is 2. The van der Waals surface area contributed by atoms with Gasteiger partial charge in [-0.2, -0.15) is 0 Å². The van der Waals surface area contributed by atoms with Gasteiger partial charge in [0.15, 0.2) is 0 Å². The van der Waals surface area contributed by atoms with Gasteiger partial charge in [-0.3, -0.25) is 4.79 Å². The number of amides is 1. The van der Waals surface area contributed by atoms with E-state index in [0.29, 0.717) is 25.3 Å². The van der Waals surface area contributed by atoms with Crippen LogP contribution in [-0.4, -0.2) is 25.7 Å². The van der Waals surface area contributed by atoms with Crippen LogP contribution < -0.4 is 10.1 Å². The molecule has 1 heterocycles. The third-order valence-electron chi connectivity index (χ3n) is 4.42. The van der Waals surface area contributed by atoms with E-state index in [2.05, 4.69) is 24.4 Å². The molecule has 25 heavy (non-hydrogen) atoms. The normalized spacial score (nSPS) is 16.1. The average molecular weight is 339 g/mol. The topological polar surface area (TPSA) is 47.6 Å². The fourth-order valence-electron chi connectivity index (χ4n) is 2.97. The Balaban J connectivity index is 1.54. The molecule has 0 unspecified atom stereocenters. The summed E-state index contributed by atoms with van der Waals surface area (Å²) in [7, 11) is 0. The molecule has 4 heteroatoms. The van der Waals surface area contributed by atoms with Crippen LogP contribution in [0, 0.1) is 0 Å².